The van der Waals surface area contributed by atoms with Crippen LogP contribution >= 0.6 is 0 Å². The van der Waals surface area contributed by atoms with E-state index in [9.17, 15) is 9.90 Å². The first kappa shape index (κ1) is 13.4. The molecule has 2 heterocycles. The van der Waals surface area contributed by atoms with E-state index in [1.54, 1.807) is 21.9 Å². The molecule has 0 spiro atoms. The molecule has 5 N–H and O–H groups in total. The second-order valence-electron chi connectivity index (χ2n) is 4.94. The van der Waals surface area contributed by atoms with E-state index in [4.69, 9.17) is 11.5 Å². The minimum absolute atomic E-state index is 0.332. The van der Waals surface area contributed by atoms with Crippen molar-refractivity contribution in [2.24, 2.45) is 5.73 Å². The first-order valence-electron chi connectivity index (χ1n) is 6.08. The quantitative estimate of drug-likeness (QED) is 0.657. The van der Waals surface area contributed by atoms with Crippen LogP contribution in [0.3, 0.4) is 0 Å². The summed E-state index contributed by atoms with van der Waals surface area (Å²) >= 11 is 0. The molecule has 1 fully saturated rings. The van der Waals surface area contributed by atoms with Crippen molar-refractivity contribution in [2.75, 3.05) is 36.2 Å². The van der Waals surface area contributed by atoms with Crippen LogP contribution in [-0.2, 0) is 4.79 Å². The zero-order chi connectivity index (χ0) is 14.2. The van der Waals surface area contributed by atoms with Crippen LogP contribution in [0.25, 0.3) is 0 Å². The third-order valence-electron chi connectivity index (χ3n) is 3.22. The van der Waals surface area contributed by atoms with Crippen molar-refractivity contribution in [1.29, 1.82) is 0 Å². The number of carbonyl (C=O) groups excluding carboxylic acids is 1. The van der Waals surface area contributed by atoms with E-state index < -0.39 is 18.1 Å². The van der Waals surface area contributed by atoms with E-state index in [0.717, 1.165) is 0 Å². The molecule has 2 rings (SSSR count). The average molecular weight is 265 g/mol. The molecule has 1 aromatic rings. The minimum Gasteiger partial charge on any atom is -0.396 e. The Kier molecular flexibility index (Phi) is 3.48. The summed E-state index contributed by atoms with van der Waals surface area (Å²) in [5, 5.41) is 9.70. The summed E-state index contributed by atoms with van der Waals surface area (Å²) < 4.78 is 0. The van der Waals surface area contributed by atoms with Gasteiger partial charge in [-0.25, -0.2) is 4.98 Å². The largest absolute Gasteiger partial charge is 0.396 e. The van der Waals surface area contributed by atoms with Gasteiger partial charge in [-0.3, -0.25) is 4.79 Å². The van der Waals surface area contributed by atoms with Crippen LogP contribution < -0.4 is 21.3 Å². The normalized spacial score (nSPS) is 22.6. The molecule has 1 aromatic heterocycles. The number of carbonyl (C=O) groups is 1. The molecular weight excluding hydrogens is 246 g/mol. The van der Waals surface area contributed by atoms with Crippen molar-refractivity contribution >= 4 is 23.2 Å². The van der Waals surface area contributed by atoms with E-state index >= 15 is 0 Å². The van der Waals surface area contributed by atoms with Gasteiger partial charge in [0.2, 0.25) is 5.91 Å². The molecule has 1 saturated heterocycles. The van der Waals surface area contributed by atoms with Crippen molar-refractivity contribution < 1.29 is 9.90 Å². The first-order chi connectivity index (χ1) is 8.90. The molecule has 104 valence electrons. The Morgan fingerprint density at radius 2 is 2.21 bits per heavy atom. The molecule has 0 bridgehead atoms. The van der Waals surface area contributed by atoms with Crippen LogP contribution in [0.5, 0.6) is 0 Å². The number of nitrogen functional groups attached to an aromatic ring is 1. The van der Waals surface area contributed by atoms with Crippen molar-refractivity contribution in [3.63, 3.8) is 0 Å². The lowest BCUT2D eigenvalue weighted by Crippen LogP contribution is -2.40. The number of β-amino-alcohol motifs (C(OH)–C–C–N with tert-alkyl or cyclic N) is 1. The van der Waals surface area contributed by atoms with Gasteiger partial charge in [0.25, 0.3) is 0 Å². The maximum Gasteiger partial charge on any atom is 0.240 e. The van der Waals surface area contributed by atoms with Crippen LogP contribution in [0.2, 0.25) is 0 Å². The molecule has 0 aliphatic carbocycles. The predicted octanol–water partition coefficient (Wildman–Crippen LogP) is -0.845. The van der Waals surface area contributed by atoms with Gasteiger partial charge in [0.1, 0.15) is 11.9 Å². The van der Waals surface area contributed by atoms with Gasteiger partial charge in [-0.1, -0.05) is 0 Å². The predicted molar refractivity (Wildman–Crippen MR) is 73.9 cm³/mol. The standard InChI is InChI=1S/C12H19N5O2/c1-16(2)12-8(13)3-4-10(15-12)17-6-7(18)5-9(17)11(14)19/h3-4,7,9,18H,5-6,13H2,1-2H3,(H2,14,19). The van der Waals surface area contributed by atoms with Gasteiger partial charge < -0.3 is 26.4 Å². The van der Waals surface area contributed by atoms with Crippen molar-refractivity contribution in [1.82, 2.24) is 4.98 Å². The maximum absolute atomic E-state index is 11.4. The summed E-state index contributed by atoms with van der Waals surface area (Å²) in [4.78, 5) is 19.4. The molecule has 0 aromatic carbocycles. The molecule has 2 unspecified atom stereocenters. The van der Waals surface area contributed by atoms with E-state index in [-0.39, 0.29) is 0 Å². The lowest BCUT2D eigenvalue weighted by molar-refractivity contribution is -0.119. The third kappa shape index (κ3) is 2.55. The Morgan fingerprint density at radius 3 is 2.79 bits per heavy atom. The van der Waals surface area contributed by atoms with Crippen molar-refractivity contribution in [3.8, 4) is 0 Å². The van der Waals surface area contributed by atoms with E-state index in [0.29, 0.717) is 30.3 Å². The average Bonchev–Trinajstić information content (AvgIpc) is 2.71. The lowest BCUT2D eigenvalue weighted by Gasteiger charge is -2.25. The number of primary amides is 1. The maximum atomic E-state index is 11.4. The Bertz CT molecular complexity index is 491. The summed E-state index contributed by atoms with van der Waals surface area (Å²) in [5.41, 5.74) is 11.8. The fourth-order valence-corrected chi connectivity index (χ4v) is 2.30. The second kappa shape index (κ2) is 4.93. The molecule has 0 saturated carbocycles. The number of amides is 1. The number of rotatable bonds is 3. The Balaban J connectivity index is 2.35. The molecule has 19 heavy (non-hydrogen) atoms. The summed E-state index contributed by atoms with van der Waals surface area (Å²) in [7, 11) is 3.68. The summed E-state index contributed by atoms with van der Waals surface area (Å²) in [6.45, 7) is 0.345. The van der Waals surface area contributed by atoms with Crippen LogP contribution in [-0.4, -0.2) is 48.8 Å². The van der Waals surface area contributed by atoms with Gasteiger partial charge in [0.15, 0.2) is 5.82 Å². The van der Waals surface area contributed by atoms with Crippen LogP contribution in [0, 0.1) is 0 Å². The molecule has 0 radical (unpaired) electrons. The zero-order valence-electron chi connectivity index (χ0n) is 11.1. The molecule has 2 atom stereocenters. The monoisotopic (exact) mass is 265 g/mol. The molecule has 1 amide bonds. The minimum atomic E-state index is -0.570. The number of nitrogens with two attached hydrogens (primary N) is 2. The molecule has 1 aliphatic rings. The summed E-state index contributed by atoms with van der Waals surface area (Å²) in [6, 6.07) is 2.94. The van der Waals surface area contributed by atoms with Gasteiger partial charge in [0.05, 0.1) is 11.8 Å². The number of nitrogens with zero attached hydrogens (tertiary/aromatic N) is 3. The fourth-order valence-electron chi connectivity index (χ4n) is 2.30. The fraction of sp³-hybridized carbons (Fsp3) is 0.500. The summed E-state index contributed by atoms with van der Waals surface area (Å²) in [6.07, 6.45) is -0.238. The van der Waals surface area contributed by atoms with Crippen molar-refractivity contribution in [2.45, 2.75) is 18.6 Å². The van der Waals surface area contributed by atoms with E-state index in [2.05, 4.69) is 4.98 Å². The van der Waals surface area contributed by atoms with Crippen LogP contribution in [0.4, 0.5) is 17.3 Å². The Hall–Kier alpha value is -2.02. The third-order valence-corrected chi connectivity index (χ3v) is 3.22. The smallest absolute Gasteiger partial charge is 0.240 e. The van der Waals surface area contributed by atoms with E-state index in [1.165, 1.54) is 0 Å². The SMILES string of the molecule is CN(C)c1nc(N2CC(O)CC2C(N)=O)ccc1N. The molecule has 7 nitrogen and oxygen atoms in total. The zero-order valence-corrected chi connectivity index (χ0v) is 11.1. The van der Waals surface area contributed by atoms with Gasteiger partial charge in [0, 0.05) is 27.1 Å². The number of hydrogen-bond donors (Lipinski definition) is 3. The highest BCUT2D eigenvalue weighted by Gasteiger charge is 2.35. The number of hydrogen-bond acceptors (Lipinski definition) is 6. The lowest BCUT2D eigenvalue weighted by atomic mass is 10.2. The van der Waals surface area contributed by atoms with Crippen molar-refractivity contribution in [3.05, 3.63) is 12.1 Å². The number of anilines is 3. The highest BCUT2D eigenvalue weighted by Crippen LogP contribution is 2.28. The molecular formula is C12H19N5O2. The highest BCUT2D eigenvalue weighted by atomic mass is 16.3. The van der Waals surface area contributed by atoms with Gasteiger partial charge in [-0.15, -0.1) is 0 Å². The second-order valence-corrected chi connectivity index (χ2v) is 4.94. The van der Waals surface area contributed by atoms with Gasteiger partial charge in [-0.2, -0.15) is 0 Å². The number of aliphatic hydroxyl groups excluding tert-OH is 1. The molecule has 1 aliphatic heterocycles. The van der Waals surface area contributed by atoms with Gasteiger partial charge >= 0.3 is 0 Å². The highest BCUT2D eigenvalue weighted by molar-refractivity contribution is 5.84. The number of pyridine rings is 1. The molecule has 7 heteroatoms. The topological polar surface area (TPSA) is 109 Å². The number of aliphatic hydroxyl groups is 1. The van der Waals surface area contributed by atoms with Gasteiger partial charge in [-0.05, 0) is 12.1 Å². The van der Waals surface area contributed by atoms with E-state index in [1.807, 2.05) is 14.1 Å². The van der Waals surface area contributed by atoms with Crippen LogP contribution in [0.15, 0.2) is 12.1 Å². The van der Waals surface area contributed by atoms with Crippen LogP contribution in [0.1, 0.15) is 6.42 Å². The first-order valence-corrected chi connectivity index (χ1v) is 6.08. The Labute approximate surface area is 111 Å². The summed E-state index contributed by atoms with van der Waals surface area (Å²) in [5.74, 6) is 0.766. The number of aromatic nitrogens is 1. The Morgan fingerprint density at radius 1 is 1.53 bits per heavy atom.